The standard InChI is InChI=1S/C7H11N3O/c1-7(11)6-10(4-2-8)5-3-9/h7,11H,4-6H2,1H3/t7-/m0/s1. The van der Waals surface area contributed by atoms with E-state index in [-0.39, 0.29) is 13.1 Å². The van der Waals surface area contributed by atoms with E-state index in [1.54, 1.807) is 11.8 Å². The molecule has 0 aliphatic rings. The highest BCUT2D eigenvalue weighted by Gasteiger charge is 2.05. The summed E-state index contributed by atoms with van der Waals surface area (Å²) in [5.41, 5.74) is 0. The quantitative estimate of drug-likeness (QED) is 0.564. The maximum absolute atomic E-state index is 8.92. The van der Waals surface area contributed by atoms with Crippen molar-refractivity contribution in [2.45, 2.75) is 13.0 Å². The zero-order chi connectivity index (χ0) is 8.69. The molecular weight excluding hydrogens is 142 g/mol. The molecule has 1 atom stereocenters. The number of nitrogens with zero attached hydrogens (tertiary/aromatic N) is 3. The Kier molecular flexibility index (Phi) is 5.10. The third-order valence-corrected chi connectivity index (χ3v) is 1.11. The number of nitriles is 2. The van der Waals surface area contributed by atoms with Crippen LogP contribution in [0.25, 0.3) is 0 Å². The summed E-state index contributed by atoms with van der Waals surface area (Å²) in [5, 5.41) is 25.5. The first kappa shape index (κ1) is 9.90. The van der Waals surface area contributed by atoms with Crippen molar-refractivity contribution < 1.29 is 5.11 Å². The molecule has 60 valence electrons. The lowest BCUT2D eigenvalue weighted by Gasteiger charge is -2.16. The number of aliphatic hydroxyl groups is 1. The van der Waals surface area contributed by atoms with Crippen molar-refractivity contribution in [2.75, 3.05) is 19.6 Å². The fourth-order valence-electron chi connectivity index (χ4n) is 0.759. The van der Waals surface area contributed by atoms with Crippen LogP contribution in [0.2, 0.25) is 0 Å². The smallest absolute Gasteiger partial charge is 0.0875 e. The topological polar surface area (TPSA) is 71.0 Å². The Morgan fingerprint density at radius 1 is 1.36 bits per heavy atom. The first-order chi connectivity index (χ1) is 5.20. The minimum absolute atomic E-state index is 0.193. The van der Waals surface area contributed by atoms with Crippen LogP contribution in [-0.2, 0) is 0 Å². The van der Waals surface area contributed by atoms with E-state index in [2.05, 4.69) is 0 Å². The van der Waals surface area contributed by atoms with Crippen LogP contribution in [0.3, 0.4) is 0 Å². The van der Waals surface area contributed by atoms with Gasteiger partial charge in [0.25, 0.3) is 0 Å². The minimum atomic E-state index is -0.489. The molecule has 0 heterocycles. The van der Waals surface area contributed by atoms with Gasteiger partial charge in [0.2, 0.25) is 0 Å². The average Bonchev–Trinajstić information content (AvgIpc) is 1.87. The Morgan fingerprint density at radius 2 is 1.82 bits per heavy atom. The fraction of sp³-hybridized carbons (Fsp3) is 0.714. The van der Waals surface area contributed by atoms with Gasteiger partial charge in [-0.2, -0.15) is 10.5 Å². The monoisotopic (exact) mass is 153 g/mol. The highest BCUT2D eigenvalue weighted by molar-refractivity contribution is 4.84. The Bertz CT molecular complexity index is 161. The molecule has 0 radical (unpaired) electrons. The molecule has 0 fully saturated rings. The minimum Gasteiger partial charge on any atom is -0.392 e. The van der Waals surface area contributed by atoms with E-state index in [0.717, 1.165) is 0 Å². The number of rotatable bonds is 4. The summed E-state index contributed by atoms with van der Waals surface area (Å²) >= 11 is 0. The van der Waals surface area contributed by atoms with Gasteiger partial charge >= 0.3 is 0 Å². The number of hydrogen-bond acceptors (Lipinski definition) is 4. The molecule has 0 aliphatic heterocycles. The van der Waals surface area contributed by atoms with Crippen LogP contribution in [0.5, 0.6) is 0 Å². The molecule has 11 heavy (non-hydrogen) atoms. The normalized spacial score (nSPS) is 12.1. The molecular formula is C7H11N3O. The molecule has 0 aliphatic carbocycles. The molecule has 0 bridgehead atoms. The van der Waals surface area contributed by atoms with Gasteiger partial charge in [-0.05, 0) is 6.92 Å². The molecule has 0 saturated heterocycles. The molecule has 4 nitrogen and oxygen atoms in total. The van der Waals surface area contributed by atoms with Gasteiger partial charge in [-0.15, -0.1) is 0 Å². The summed E-state index contributed by atoms with van der Waals surface area (Å²) in [6.07, 6.45) is -0.489. The number of aliphatic hydroxyl groups excluding tert-OH is 1. The fourth-order valence-corrected chi connectivity index (χ4v) is 0.759. The summed E-state index contributed by atoms with van der Waals surface area (Å²) in [5.74, 6) is 0. The van der Waals surface area contributed by atoms with E-state index < -0.39 is 6.10 Å². The average molecular weight is 153 g/mol. The third kappa shape index (κ3) is 5.35. The van der Waals surface area contributed by atoms with Crippen molar-refractivity contribution in [1.29, 1.82) is 10.5 Å². The van der Waals surface area contributed by atoms with Crippen LogP contribution in [0.15, 0.2) is 0 Å². The van der Waals surface area contributed by atoms with E-state index in [0.29, 0.717) is 6.54 Å². The Morgan fingerprint density at radius 3 is 2.09 bits per heavy atom. The predicted molar refractivity (Wildman–Crippen MR) is 39.3 cm³/mol. The van der Waals surface area contributed by atoms with Gasteiger partial charge in [-0.25, -0.2) is 0 Å². The molecule has 0 unspecified atom stereocenters. The van der Waals surface area contributed by atoms with Crippen LogP contribution in [0.1, 0.15) is 6.92 Å². The van der Waals surface area contributed by atoms with Crippen LogP contribution in [-0.4, -0.2) is 35.7 Å². The van der Waals surface area contributed by atoms with E-state index in [9.17, 15) is 0 Å². The van der Waals surface area contributed by atoms with E-state index >= 15 is 0 Å². The van der Waals surface area contributed by atoms with Crippen molar-refractivity contribution >= 4 is 0 Å². The molecule has 0 amide bonds. The second kappa shape index (κ2) is 5.67. The van der Waals surface area contributed by atoms with E-state index in [1.165, 1.54) is 0 Å². The lowest BCUT2D eigenvalue weighted by Crippen LogP contribution is -2.31. The predicted octanol–water partition coefficient (Wildman–Crippen LogP) is -0.284. The molecule has 0 aromatic heterocycles. The third-order valence-electron chi connectivity index (χ3n) is 1.11. The molecule has 0 saturated carbocycles. The Labute approximate surface area is 66.3 Å². The summed E-state index contributed by atoms with van der Waals surface area (Å²) in [6, 6.07) is 3.84. The van der Waals surface area contributed by atoms with Crippen molar-refractivity contribution in [2.24, 2.45) is 0 Å². The van der Waals surface area contributed by atoms with Gasteiger partial charge in [0.05, 0.1) is 31.3 Å². The van der Waals surface area contributed by atoms with Gasteiger partial charge in [0, 0.05) is 6.54 Å². The summed E-state index contributed by atoms with van der Waals surface area (Å²) in [7, 11) is 0. The summed E-state index contributed by atoms with van der Waals surface area (Å²) in [4.78, 5) is 1.59. The van der Waals surface area contributed by atoms with Gasteiger partial charge in [-0.3, -0.25) is 4.90 Å². The van der Waals surface area contributed by atoms with Gasteiger partial charge < -0.3 is 5.11 Å². The zero-order valence-electron chi connectivity index (χ0n) is 6.49. The second-order valence-corrected chi connectivity index (χ2v) is 2.33. The molecule has 0 aromatic carbocycles. The van der Waals surface area contributed by atoms with Crippen molar-refractivity contribution in [1.82, 2.24) is 4.90 Å². The van der Waals surface area contributed by atoms with Crippen molar-refractivity contribution in [3.05, 3.63) is 0 Å². The summed E-state index contributed by atoms with van der Waals surface area (Å²) < 4.78 is 0. The maximum Gasteiger partial charge on any atom is 0.0875 e. The zero-order valence-corrected chi connectivity index (χ0v) is 6.49. The first-order valence-electron chi connectivity index (χ1n) is 3.35. The molecule has 4 heteroatoms. The van der Waals surface area contributed by atoms with Gasteiger partial charge in [0.15, 0.2) is 0 Å². The second-order valence-electron chi connectivity index (χ2n) is 2.33. The molecule has 0 rings (SSSR count). The molecule has 1 N–H and O–H groups in total. The van der Waals surface area contributed by atoms with Crippen LogP contribution >= 0.6 is 0 Å². The lowest BCUT2D eigenvalue weighted by molar-refractivity contribution is 0.142. The lowest BCUT2D eigenvalue weighted by atomic mass is 10.3. The van der Waals surface area contributed by atoms with E-state index in [1.807, 2.05) is 12.1 Å². The molecule has 0 aromatic rings. The van der Waals surface area contributed by atoms with Gasteiger partial charge in [-0.1, -0.05) is 0 Å². The Hall–Kier alpha value is -1.10. The van der Waals surface area contributed by atoms with Crippen molar-refractivity contribution in [3.8, 4) is 12.1 Å². The summed E-state index contributed by atoms with van der Waals surface area (Å²) in [6.45, 7) is 2.39. The SMILES string of the molecule is C[C@H](O)CN(CC#N)CC#N. The van der Waals surface area contributed by atoms with E-state index in [4.69, 9.17) is 15.6 Å². The Balaban J connectivity index is 3.73. The first-order valence-corrected chi connectivity index (χ1v) is 3.35. The maximum atomic E-state index is 8.92. The van der Waals surface area contributed by atoms with Crippen molar-refractivity contribution in [3.63, 3.8) is 0 Å². The molecule has 0 spiro atoms. The van der Waals surface area contributed by atoms with Gasteiger partial charge in [0.1, 0.15) is 0 Å². The largest absolute Gasteiger partial charge is 0.392 e. The van der Waals surface area contributed by atoms with Crippen LogP contribution in [0, 0.1) is 22.7 Å². The highest BCUT2D eigenvalue weighted by atomic mass is 16.3. The number of hydrogen-bond donors (Lipinski definition) is 1. The highest BCUT2D eigenvalue weighted by Crippen LogP contribution is 1.89. The van der Waals surface area contributed by atoms with Crippen LogP contribution < -0.4 is 0 Å². The van der Waals surface area contributed by atoms with Crippen LogP contribution in [0.4, 0.5) is 0 Å².